The van der Waals surface area contributed by atoms with Gasteiger partial charge in [-0.15, -0.1) is 11.3 Å². The van der Waals surface area contributed by atoms with E-state index in [1.54, 1.807) is 17.5 Å². The SMILES string of the molecule is Cc1cc(O)cc2c(B(O)O)csc12. The van der Waals surface area contributed by atoms with Gasteiger partial charge in [-0.3, -0.25) is 0 Å². The van der Waals surface area contributed by atoms with Crippen LogP contribution in [0.5, 0.6) is 5.75 Å². The van der Waals surface area contributed by atoms with Gasteiger partial charge in [-0.2, -0.15) is 0 Å². The molecule has 0 radical (unpaired) electrons. The number of aryl methyl sites for hydroxylation is 1. The Kier molecular flexibility index (Phi) is 2.22. The third-order valence-corrected chi connectivity index (χ3v) is 3.30. The lowest BCUT2D eigenvalue weighted by Crippen LogP contribution is -2.28. The largest absolute Gasteiger partial charge is 0.508 e. The number of aromatic hydroxyl groups is 1. The van der Waals surface area contributed by atoms with Crippen molar-refractivity contribution >= 4 is 34.0 Å². The van der Waals surface area contributed by atoms with Gasteiger partial charge in [0.15, 0.2) is 0 Å². The van der Waals surface area contributed by atoms with E-state index in [9.17, 15) is 5.11 Å². The molecule has 0 saturated heterocycles. The Morgan fingerprint density at radius 3 is 2.64 bits per heavy atom. The maximum Gasteiger partial charge on any atom is 0.489 e. The lowest BCUT2D eigenvalue weighted by atomic mass is 9.80. The molecule has 72 valence electrons. The topological polar surface area (TPSA) is 60.7 Å². The number of fused-ring (bicyclic) bond motifs is 1. The average molecular weight is 208 g/mol. The summed E-state index contributed by atoms with van der Waals surface area (Å²) in [5, 5.41) is 29.9. The monoisotopic (exact) mass is 208 g/mol. The number of hydrogen-bond acceptors (Lipinski definition) is 4. The van der Waals surface area contributed by atoms with Crippen molar-refractivity contribution in [1.82, 2.24) is 0 Å². The van der Waals surface area contributed by atoms with Gasteiger partial charge in [-0.25, -0.2) is 0 Å². The third-order valence-electron chi connectivity index (χ3n) is 2.15. The van der Waals surface area contributed by atoms with Crippen LogP contribution in [0.2, 0.25) is 0 Å². The summed E-state index contributed by atoms with van der Waals surface area (Å²) in [6.45, 7) is 1.88. The summed E-state index contributed by atoms with van der Waals surface area (Å²) in [4.78, 5) is 0. The summed E-state index contributed by atoms with van der Waals surface area (Å²) in [5.74, 6) is 0.148. The van der Waals surface area contributed by atoms with Gasteiger partial charge in [0.2, 0.25) is 0 Å². The molecule has 0 aliphatic carbocycles. The minimum absolute atomic E-state index is 0.148. The fraction of sp³-hybridized carbons (Fsp3) is 0.111. The van der Waals surface area contributed by atoms with Crippen LogP contribution in [0.4, 0.5) is 0 Å². The van der Waals surface area contributed by atoms with E-state index in [1.807, 2.05) is 6.92 Å². The summed E-state index contributed by atoms with van der Waals surface area (Å²) in [5.41, 5.74) is 1.39. The molecule has 5 heteroatoms. The van der Waals surface area contributed by atoms with Crippen molar-refractivity contribution in [2.45, 2.75) is 6.92 Å². The summed E-state index contributed by atoms with van der Waals surface area (Å²) >= 11 is 1.45. The summed E-state index contributed by atoms with van der Waals surface area (Å²) in [6, 6.07) is 3.21. The van der Waals surface area contributed by atoms with E-state index in [4.69, 9.17) is 10.0 Å². The van der Waals surface area contributed by atoms with Crippen molar-refractivity contribution in [2.75, 3.05) is 0 Å². The first kappa shape index (κ1) is 9.52. The zero-order valence-corrected chi connectivity index (χ0v) is 8.38. The normalized spacial score (nSPS) is 10.8. The number of phenols is 1. The summed E-state index contributed by atoms with van der Waals surface area (Å²) < 4.78 is 0.978. The molecule has 14 heavy (non-hydrogen) atoms. The van der Waals surface area contributed by atoms with Crippen molar-refractivity contribution in [3.8, 4) is 5.75 Å². The fourth-order valence-corrected chi connectivity index (χ4v) is 2.55. The summed E-state index contributed by atoms with van der Waals surface area (Å²) in [6.07, 6.45) is 0. The number of hydrogen-bond donors (Lipinski definition) is 3. The van der Waals surface area contributed by atoms with Gasteiger partial charge >= 0.3 is 7.12 Å². The Morgan fingerprint density at radius 1 is 1.29 bits per heavy atom. The van der Waals surface area contributed by atoms with Gasteiger partial charge < -0.3 is 15.2 Å². The molecule has 2 aromatic rings. The van der Waals surface area contributed by atoms with E-state index >= 15 is 0 Å². The first-order valence-electron chi connectivity index (χ1n) is 4.16. The molecule has 0 aliphatic heterocycles. The lowest BCUT2D eigenvalue weighted by Gasteiger charge is -2.00. The second kappa shape index (κ2) is 3.27. The van der Waals surface area contributed by atoms with Crippen LogP contribution in [0.1, 0.15) is 5.56 Å². The van der Waals surface area contributed by atoms with Crippen molar-refractivity contribution in [1.29, 1.82) is 0 Å². The highest BCUT2D eigenvalue weighted by molar-refractivity contribution is 7.18. The quantitative estimate of drug-likeness (QED) is 0.601. The Hall–Kier alpha value is -1.04. The van der Waals surface area contributed by atoms with Gasteiger partial charge in [0.25, 0.3) is 0 Å². The molecule has 1 aromatic carbocycles. The van der Waals surface area contributed by atoms with Crippen LogP contribution in [-0.2, 0) is 0 Å². The minimum Gasteiger partial charge on any atom is -0.508 e. The molecular formula is C9H9BO3S. The molecule has 3 N–H and O–H groups in total. The van der Waals surface area contributed by atoms with Crippen LogP contribution in [0.25, 0.3) is 10.1 Å². The van der Waals surface area contributed by atoms with E-state index in [0.29, 0.717) is 10.8 Å². The molecule has 2 rings (SSSR count). The molecule has 0 unspecified atom stereocenters. The summed E-state index contributed by atoms with van der Waals surface area (Å²) in [7, 11) is -1.48. The maximum absolute atomic E-state index is 9.38. The number of phenolic OH excluding ortho intramolecular Hbond substituents is 1. The molecular weight excluding hydrogens is 199 g/mol. The smallest absolute Gasteiger partial charge is 0.489 e. The molecule has 0 saturated carbocycles. The van der Waals surface area contributed by atoms with Crippen LogP contribution < -0.4 is 5.46 Å². The average Bonchev–Trinajstić information content (AvgIpc) is 2.47. The maximum atomic E-state index is 9.38. The Morgan fingerprint density at radius 2 is 2.00 bits per heavy atom. The van der Waals surface area contributed by atoms with E-state index in [-0.39, 0.29) is 5.75 Å². The molecule has 0 bridgehead atoms. The van der Waals surface area contributed by atoms with Gasteiger partial charge in [0.1, 0.15) is 5.75 Å². The molecule has 3 nitrogen and oxygen atoms in total. The van der Waals surface area contributed by atoms with Crippen LogP contribution >= 0.6 is 11.3 Å². The lowest BCUT2D eigenvalue weighted by molar-refractivity contribution is 0.426. The molecule has 0 fully saturated rings. The minimum atomic E-state index is -1.48. The second-order valence-electron chi connectivity index (χ2n) is 3.20. The molecule has 0 atom stereocenters. The molecule has 1 heterocycles. The third kappa shape index (κ3) is 1.39. The second-order valence-corrected chi connectivity index (χ2v) is 4.08. The fourth-order valence-electron chi connectivity index (χ4n) is 1.51. The van der Waals surface area contributed by atoms with Gasteiger partial charge in [0.05, 0.1) is 0 Å². The van der Waals surface area contributed by atoms with Crippen molar-refractivity contribution in [2.24, 2.45) is 0 Å². The highest BCUT2D eigenvalue weighted by Gasteiger charge is 2.17. The van der Waals surface area contributed by atoms with Gasteiger partial charge in [-0.1, -0.05) is 0 Å². The van der Waals surface area contributed by atoms with Crippen molar-refractivity contribution < 1.29 is 15.2 Å². The van der Waals surface area contributed by atoms with Crippen molar-refractivity contribution in [3.63, 3.8) is 0 Å². The molecule has 0 spiro atoms. The highest BCUT2D eigenvalue weighted by atomic mass is 32.1. The van der Waals surface area contributed by atoms with Crippen LogP contribution in [0.3, 0.4) is 0 Å². The molecule has 0 aliphatic rings. The zero-order chi connectivity index (χ0) is 10.3. The first-order chi connectivity index (χ1) is 6.59. The molecule has 0 amide bonds. The predicted molar refractivity (Wildman–Crippen MR) is 58.1 cm³/mol. The Bertz CT molecular complexity index is 478. The first-order valence-corrected chi connectivity index (χ1v) is 5.04. The van der Waals surface area contributed by atoms with Crippen molar-refractivity contribution in [3.05, 3.63) is 23.1 Å². The molecule has 1 aromatic heterocycles. The van der Waals surface area contributed by atoms with Gasteiger partial charge in [0, 0.05) is 10.2 Å². The van der Waals surface area contributed by atoms with E-state index < -0.39 is 7.12 Å². The van der Waals surface area contributed by atoms with Gasteiger partial charge in [-0.05, 0) is 35.4 Å². The zero-order valence-electron chi connectivity index (χ0n) is 7.56. The number of thiophene rings is 1. The van der Waals surface area contributed by atoms with E-state index in [1.165, 1.54) is 11.3 Å². The number of rotatable bonds is 1. The standard InChI is InChI=1S/C9H9BO3S/c1-5-2-6(11)3-7-8(10(12)13)4-14-9(5)7/h2-4,11-13H,1H3. The van der Waals surface area contributed by atoms with E-state index in [0.717, 1.165) is 10.3 Å². The van der Waals surface area contributed by atoms with E-state index in [2.05, 4.69) is 0 Å². The predicted octanol–water partition coefficient (Wildman–Crippen LogP) is 0.595. The highest BCUT2D eigenvalue weighted by Crippen LogP contribution is 2.27. The number of benzene rings is 1. The van der Waals surface area contributed by atoms with Crippen LogP contribution in [0, 0.1) is 6.92 Å². The van der Waals surface area contributed by atoms with Crippen LogP contribution in [0.15, 0.2) is 17.5 Å². The Labute approximate surface area is 85.4 Å². The Balaban J connectivity index is 2.78. The van der Waals surface area contributed by atoms with Crippen LogP contribution in [-0.4, -0.2) is 22.3 Å².